The van der Waals surface area contributed by atoms with Crippen molar-refractivity contribution >= 4 is 17.4 Å². The van der Waals surface area contributed by atoms with Crippen molar-refractivity contribution < 1.29 is 4.79 Å². The summed E-state index contributed by atoms with van der Waals surface area (Å²) in [5.74, 6) is 0.926. The third-order valence-corrected chi connectivity index (χ3v) is 3.54. The lowest BCUT2D eigenvalue weighted by Gasteiger charge is -2.15. The fourth-order valence-corrected chi connectivity index (χ4v) is 2.48. The van der Waals surface area contributed by atoms with Crippen molar-refractivity contribution in [3.05, 3.63) is 41.1 Å². The second kappa shape index (κ2) is 6.64. The van der Waals surface area contributed by atoms with Gasteiger partial charge in [0.2, 0.25) is 5.91 Å². The molecule has 0 aliphatic heterocycles. The van der Waals surface area contributed by atoms with Gasteiger partial charge in [0.05, 0.1) is 5.69 Å². The van der Waals surface area contributed by atoms with Crippen LogP contribution in [-0.2, 0) is 11.8 Å². The van der Waals surface area contributed by atoms with Gasteiger partial charge in [-0.15, -0.1) is 0 Å². The van der Waals surface area contributed by atoms with Gasteiger partial charge in [0.15, 0.2) is 0 Å². The first kappa shape index (κ1) is 16.1. The molecule has 2 N–H and O–H groups in total. The molecule has 5 heteroatoms. The zero-order valence-corrected chi connectivity index (χ0v) is 13.9. The SMILES string of the molecule is Cc1ccc(NC(=O)C[C@H](C)Nc2cc(C)nn2C)c(C)c1. The zero-order valence-electron chi connectivity index (χ0n) is 13.9. The maximum atomic E-state index is 12.2. The predicted molar refractivity (Wildman–Crippen MR) is 90.2 cm³/mol. The number of carbonyl (C=O) groups is 1. The third kappa shape index (κ3) is 4.10. The van der Waals surface area contributed by atoms with Gasteiger partial charge in [-0.25, -0.2) is 0 Å². The van der Waals surface area contributed by atoms with E-state index in [1.807, 2.05) is 52.9 Å². The Morgan fingerprint density at radius 1 is 1.27 bits per heavy atom. The summed E-state index contributed by atoms with van der Waals surface area (Å²) in [5, 5.41) is 10.6. The van der Waals surface area contributed by atoms with Gasteiger partial charge < -0.3 is 10.6 Å². The summed E-state index contributed by atoms with van der Waals surface area (Å²) in [6.07, 6.45) is 0.400. The van der Waals surface area contributed by atoms with E-state index in [4.69, 9.17) is 0 Å². The number of hydrogen-bond acceptors (Lipinski definition) is 3. The van der Waals surface area contributed by atoms with E-state index in [1.54, 1.807) is 4.68 Å². The van der Waals surface area contributed by atoms with Crippen LogP contribution in [0.25, 0.3) is 0 Å². The Morgan fingerprint density at radius 2 is 2.00 bits per heavy atom. The van der Waals surface area contributed by atoms with E-state index in [2.05, 4.69) is 21.8 Å². The molecule has 0 unspecified atom stereocenters. The molecule has 22 heavy (non-hydrogen) atoms. The number of rotatable bonds is 5. The second-order valence-corrected chi connectivity index (χ2v) is 5.91. The predicted octanol–water partition coefficient (Wildman–Crippen LogP) is 3.17. The monoisotopic (exact) mass is 300 g/mol. The van der Waals surface area contributed by atoms with Crippen molar-refractivity contribution in [2.75, 3.05) is 10.6 Å². The highest BCUT2D eigenvalue weighted by molar-refractivity contribution is 5.92. The van der Waals surface area contributed by atoms with Crippen LogP contribution in [0.4, 0.5) is 11.5 Å². The highest BCUT2D eigenvalue weighted by atomic mass is 16.1. The van der Waals surface area contributed by atoms with Crippen molar-refractivity contribution in [2.45, 2.75) is 40.2 Å². The number of aryl methyl sites for hydroxylation is 4. The normalized spacial score (nSPS) is 12.0. The molecule has 0 radical (unpaired) electrons. The number of carbonyl (C=O) groups excluding carboxylic acids is 1. The Hall–Kier alpha value is -2.30. The largest absolute Gasteiger partial charge is 0.367 e. The molecule has 1 amide bonds. The molecule has 2 aromatic rings. The molecule has 1 aromatic carbocycles. The first-order chi connectivity index (χ1) is 10.3. The molecule has 1 aromatic heterocycles. The molecule has 1 heterocycles. The van der Waals surface area contributed by atoms with Crippen LogP contribution >= 0.6 is 0 Å². The summed E-state index contributed by atoms with van der Waals surface area (Å²) >= 11 is 0. The van der Waals surface area contributed by atoms with Gasteiger partial charge >= 0.3 is 0 Å². The number of anilines is 2. The summed E-state index contributed by atoms with van der Waals surface area (Å²) in [5.41, 5.74) is 4.10. The number of benzene rings is 1. The molecule has 0 spiro atoms. The van der Waals surface area contributed by atoms with Gasteiger partial charge in [-0.05, 0) is 39.3 Å². The van der Waals surface area contributed by atoms with Crippen LogP contribution < -0.4 is 10.6 Å². The molecule has 0 aliphatic carbocycles. The van der Waals surface area contributed by atoms with E-state index in [-0.39, 0.29) is 11.9 Å². The fraction of sp³-hybridized carbons (Fsp3) is 0.412. The van der Waals surface area contributed by atoms with E-state index in [0.29, 0.717) is 6.42 Å². The van der Waals surface area contributed by atoms with Crippen LogP contribution in [0.15, 0.2) is 24.3 Å². The molecule has 5 nitrogen and oxygen atoms in total. The molecular formula is C17H24N4O. The lowest BCUT2D eigenvalue weighted by atomic mass is 10.1. The Morgan fingerprint density at radius 3 is 2.59 bits per heavy atom. The Labute approximate surface area is 131 Å². The summed E-state index contributed by atoms with van der Waals surface area (Å²) in [4.78, 5) is 12.2. The van der Waals surface area contributed by atoms with Gasteiger partial charge in [0.25, 0.3) is 0 Å². The van der Waals surface area contributed by atoms with E-state index < -0.39 is 0 Å². The van der Waals surface area contributed by atoms with Crippen LogP contribution in [0.1, 0.15) is 30.2 Å². The third-order valence-electron chi connectivity index (χ3n) is 3.54. The minimum atomic E-state index is 0.00541. The van der Waals surface area contributed by atoms with Crippen molar-refractivity contribution in [3.8, 4) is 0 Å². The van der Waals surface area contributed by atoms with Crippen molar-refractivity contribution in [2.24, 2.45) is 7.05 Å². The molecule has 0 fully saturated rings. The minimum Gasteiger partial charge on any atom is -0.367 e. The van der Waals surface area contributed by atoms with E-state index in [9.17, 15) is 4.79 Å². The van der Waals surface area contributed by atoms with E-state index in [1.165, 1.54) is 5.56 Å². The summed E-state index contributed by atoms with van der Waals surface area (Å²) < 4.78 is 1.79. The standard InChI is InChI=1S/C17H24N4O/c1-11-6-7-15(12(2)8-11)19-17(22)10-13(3)18-16-9-14(4)20-21(16)5/h6-9,13,18H,10H2,1-5H3,(H,19,22)/t13-/m0/s1. The maximum Gasteiger partial charge on any atom is 0.226 e. The summed E-state index contributed by atoms with van der Waals surface area (Å²) in [6.45, 7) is 7.98. The van der Waals surface area contributed by atoms with Gasteiger partial charge in [0, 0.05) is 31.3 Å². The first-order valence-corrected chi connectivity index (χ1v) is 7.49. The van der Waals surface area contributed by atoms with Crippen LogP contribution in [0.5, 0.6) is 0 Å². The van der Waals surface area contributed by atoms with Crippen LogP contribution in [0.3, 0.4) is 0 Å². The number of amides is 1. The smallest absolute Gasteiger partial charge is 0.226 e. The second-order valence-electron chi connectivity index (χ2n) is 5.91. The molecule has 0 saturated heterocycles. The number of aromatic nitrogens is 2. The van der Waals surface area contributed by atoms with Crippen molar-refractivity contribution in [3.63, 3.8) is 0 Å². The fourth-order valence-electron chi connectivity index (χ4n) is 2.48. The molecule has 1 atom stereocenters. The van der Waals surface area contributed by atoms with Gasteiger partial charge in [-0.1, -0.05) is 17.7 Å². The quantitative estimate of drug-likeness (QED) is 0.891. The maximum absolute atomic E-state index is 12.2. The van der Waals surface area contributed by atoms with E-state index in [0.717, 1.165) is 22.8 Å². The van der Waals surface area contributed by atoms with Crippen LogP contribution in [0.2, 0.25) is 0 Å². The Balaban J connectivity index is 1.92. The molecule has 2 rings (SSSR count). The minimum absolute atomic E-state index is 0.00541. The average Bonchev–Trinajstić information content (AvgIpc) is 2.71. The summed E-state index contributed by atoms with van der Waals surface area (Å²) in [6, 6.07) is 8.02. The molecule has 0 bridgehead atoms. The Bertz CT molecular complexity index is 675. The Kier molecular flexibility index (Phi) is 4.85. The van der Waals surface area contributed by atoms with Crippen molar-refractivity contribution in [1.29, 1.82) is 0 Å². The molecular weight excluding hydrogens is 276 g/mol. The van der Waals surface area contributed by atoms with Gasteiger partial charge in [0.1, 0.15) is 5.82 Å². The van der Waals surface area contributed by atoms with E-state index >= 15 is 0 Å². The molecule has 0 saturated carbocycles. The van der Waals surface area contributed by atoms with Gasteiger partial charge in [-0.2, -0.15) is 5.10 Å². The molecule has 118 valence electrons. The number of nitrogens with zero attached hydrogens (tertiary/aromatic N) is 2. The molecule has 0 aliphatic rings. The first-order valence-electron chi connectivity index (χ1n) is 7.49. The van der Waals surface area contributed by atoms with Crippen LogP contribution in [0, 0.1) is 20.8 Å². The summed E-state index contributed by atoms with van der Waals surface area (Å²) in [7, 11) is 1.89. The lowest BCUT2D eigenvalue weighted by molar-refractivity contribution is -0.116. The topological polar surface area (TPSA) is 59.0 Å². The lowest BCUT2D eigenvalue weighted by Crippen LogP contribution is -2.25. The zero-order chi connectivity index (χ0) is 16.3. The highest BCUT2D eigenvalue weighted by Crippen LogP contribution is 2.17. The average molecular weight is 300 g/mol. The van der Waals surface area contributed by atoms with Crippen LogP contribution in [-0.4, -0.2) is 21.7 Å². The highest BCUT2D eigenvalue weighted by Gasteiger charge is 2.12. The van der Waals surface area contributed by atoms with Gasteiger partial charge in [-0.3, -0.25) is 9.48 Å². The number of hydrogen-bond donors (Lipinski definition) is 2. The van der Waals surface area contributed by atoms with Crippen molar-refractivity contribution in [1.82, 2.24) is 9.78 Å². The number of nitrogens with one attached hydrogen (secondary N) is 2.